The monoisotopic (exact) mass is 308 g/mol. The number of carbonyl (C=O) groups is 2. The van der Waals surface area contributed by atoms with Crippen LogP contribution in [-0.4, -0.2) is 30.0 Å². The van der Waals surface area contributed by atoms with Crippen molar-refractivity contribution in [2.75, 3.05) is 7.11 Å². The van der Waals surface area contributed by atoms with Crippen molar-refractivity contribution in [2.24, 2.45) is 5.41 Å². The highest BCUT2D eigenvalue weighted by atomic mass is 16.6. The molecule has 1 N–H and O–H groups in total. The zero-order valence-corrected chi connectivity index (χ0v) is 13.1. The predicted octanol–water partition coefficient (Wildman–Crippen LogP) is 1.84. The summed E-state index contributed by atoms with van der Waals surface area (Å²) in [5.74, 6) is -0.833. The van der Waals surface area contributed by atoms with Gasteiger partial charge in [-0.3, -0.25) is 14.9 Å². The van der Waals surface area contributed by atoms with Gasteiger partial charge < -0.3 is 10.1 Å². The van der Waals surface area contributed by atoms with Crippen LogP contribution in [0.4, 0.5) is 5.69 Å². The van der Waals surface area contributed by atoms with Crippen LogP contribution < -0.4 is 5.32 Å². The van der Waals surface area contributed by atoms with E-state index in [-0.39, 0.29) is 18.0 Å². The zero-order valence-electron chi connectivity index (χ0n) is 13.1. The largest absolute Gasteiger partial charge is 0.467 e. The van der Waals surface area contributed by atoms with E-state index < -0.39 is 22.3 Å². The summed E-state index contributed by atoms with van der Waals surface area (Å²) in [6.45, 7) is 5.22. The Morgan fingerprint density at radius 1 is 1.27 bits per heavy atom. The van der Waals surface area contributed by atoms with Crippen LogP contribution in [0.2, 0.25) is 0 Å². The van der Waals surface area contributed by atoms with Crippen molar-refractivity contribution in [1.29, 1.82) is 0 Å². The van der Waals surface area contributed by atoms with Crippen molar-refractivity contribution in [3.05, 3.63) is 39.9 Å². The molecule has 1 rings (SSSR count). The molecule has 0 saturated carbocycles. The van der Waals surface area contributed by atoms with Gasteiger partial charge in [0.2, 0.25) is 5.91 Å². The number of nitrogens with zero attached hydrogens (tertiary/aromatic N) is 1. The van der Waals surface area contributed by atoms with E-state index in [2.05, 4.69) is 5.32 Å². The Balaban J connectivity index is 2.87. The summed E-state index contributed by atoms with van der Waals surface area (Å²) in [7, 11) is 1.24. The Bertz CT molecular complexity index is 560. The van der Waals surface area contributed by atoms with Crippen molar-refractivity contribution < 1.29 is 19.2 Å². The topological polar surface area (TPSA) is 98.5 Å². The smallest absolute Gasteiger partial charge is 0.328 e. The Labute approximate surface area is 128 Å². The molecule has 0 radical (unpaired) electrons. The molecule has 0 aliphatic rings. The van der Waals surface area contributed by atoms with Gasteiger partial charge >= 0.3 is 5.97 Å². The van der Waals surface area contributed by atoms with Gasteiger partial charge in [0, 0.05) is 24.0 Å². The third-order valence-corrected chi connectivity index (χ3v) is 3.06. The molecule has 1 aromatic carbocycles. The van der Waals surface area contributed by atoms with Gasteiger partial charge in [0.15, 0.2) is 0 Å². The molecule has 1 amide bonds. The second-order valence-corrected chi connectivity index (χ2v) is 5.93. The third kappa shape index (κ3) is 4.83. The number of nitro benzene ring substituents is 1. The molecule has 0 heterocycles. The Morgan fingerprint density at radius 3 is 2.23 bits per heavy atom. The van der Waals surface area contributed by atoms with Crippen LogP contribution in [0.15, 0.2) is 24.3 Å². The Kier molecular flexibility index (Phi) is 5.62. The van der Waals surface area contributed by atoms with Gasteiger partial charge in [-0.1, -0.05) is 32.9 Å². The number of hydrogen-bond acceptors (Lipinski definition) is 5. The molecule has 7 nitrogen and oxygen atoms in total. The normalized spacial score (nSPS) is 12.4. The number of amides is 1. The van der Waals surface area contributed by atoms with Crippen molar-refractivity contribution >= 4 is 17.6 Å². The lowest BCUT2D eigenvalue weighted by atomic mass is 9.94. The highest BCUT2D eigenvalue weighted by molar-refractivity contribution is 5.87. The number of carbonyl (C=O) groups excluding carboxylic acids is 2. The second kappa shape index (κ2) is 7.02. The Hall–Kier alpha value is -2.44. The molecule has 22 heavy (non-hydrogen) atoms. The number of methoxy groups -OCH3 is 1. The SMILES string of the molecule is COC(=O)C(Cc1ccc([N+](=O)[O-])cc1)NC(=O)C(C)(C)C. The molecule has 0 spiro atoms. The molecule has 0 aromatic heterocycles. The summed E-state index contributed by atoms with van der Waals surface area (Å²) in [5, 5.41) is 13.3. The van der Waals surface area contributed by atoms with Gasteiger partial charge in [-0.05, 0) is 5.56 Å². The maximum atomic E-state index is 12.0. The zero-order chi connectivity index (χ0) is 16.9. The van der Waals surface area contributed by atoms with Gasteiger partial charge in [-0.15, -0.1) is 0 Å². The molecular formula is C15H20N2O5. The number of ether oxygens (including phenoxy) is 1. The van der Waals surface area contributed by atoms with E-state index in [9.17, 15) is 19.7 Å². The average Bonchev–Trinajstić information content (AvgIpc) is 2.45. The van der Waals surface area contributed by atoms with Gasteiger partial charge in [0.1, 0.15) is 6.04 Å². The van der Waals surface area contributed by atoms with Crippen LogP contribution in [0.25, 0.3) is 0 Å². The van der Waals surface area contributed by atoms with Gasteiger partial charge in [0.25, 0.3) is 5.69 Å². The minimum absolute atomic E-state index is 0.0305. The standard InChI is InChI=1S/C15H20N2O5/c1-15(2,3)14(19)16-12(13(18)22-4)9-10-5-7-11(8-6-10)17(20)21/h5-8,12H,9H2,1-4H3,(H,16,19). The molecule has 0 bridgehead atoms. The van der Waals surface area contributed by atoms with E-state index in [0.717, 1.165) is 0 Å². The van der Waals surface area contributed by atoms with Crippen LogP contribution in [0, 0.1) is 15.5 Å². The number of hydrogen-bond donors (Lipinski definition) is 1. The lowest BCUT2D eigenvalue weighted by Gasteiger charge is -2.23. The molecule has 120 valence electrons. The summed E-state index contributed by atoms with van der Waals surface area (Å²) in [6.07, 6.45) is 0.201. The first-order chi connectivity index (χ1) is 10.1. The number of rotatable bonds is 5. The predicted molar refractivity (Wildman–Crippen MR) is 80.2 cm³/mol. The van der Waals surface area contributed by atoms with Crippen molar-refractivity contribution in [3.63, 3.8) is 0 Å². The molecule has 0 saturated heterocycles. The summed E-state index contributed by atoms with van der Waals surface area (Å²) in [4.78, 5) is 34.0. The first-order valence-corrected chi connectivity index (χ1v) is 6.77. The fourth-order valence-electron chi connectivity index (χ4n) is 1.70. The summed E-state index contributed by atoms with van der Waals surface area (Å²) in [6, 6.07) is 4.98. The van der Waals surface area contributed by atoms with E-state index in [1.165, 1.54) is 19.2 Å². The van der Waals surface area contributed by atoms with E-state index in [4.69, 9.17) is 4.74 Å². The molecule has 0 aliphatic carbocycles. The van der Waals surface area contributed by atoms with Gasteiger partial charge in [-0.2, -0.15) is 0 Å². The summed E-state index contributed by atoms with van der Waals surface area (Å²) in [5.41, 5.74) is 0.0224. The lowest BCUT2D eigenvalue weighted by Crippen LogP contribution is -2.47. The van der Waals surface area contributed by atoms with Crippen LogP contribution in [0.1, 0.15) is 26.3 Å². The Morgan fingerprint density at radius 2 is 1.82 bits per heavy atom. The lowest BCUT2D eigenvalue weighted by molar-refractivity contribution is -0.384. The van der Waals surface area contributed by atoms with E-state index in [1.807, 2.05) is 0 Å². The number of nitrogens with one attached hydrogen (secondary N) is 1. The highest BCUT2D eigenvalue weighted by Crippen LogP contribution is 2.16. The third-order valence-electron chi connectivity index (χ3n) is 3.06. The number of benzene rings is 1. The number of esters is 1. The number of non-ortho nitro benzene ring substituents is 1. The minimum Gasteiger partial charge on any atom is -0.467 e. The fourth-order valence-corrected chi connectivity index (χ4v) is 1.70. The van der Waals surface area contributed by atoms with E-state index in [1.54, 1.807) is 32.9 Å². The van der Waals surface area contributed by atoms with E-state index in [0.29, 0.717) is 5.56 Å². The van der Waals surface area contributed by atoms with Crippen molar-refractivity contribution in [3.8, 4) is 0 Å². The average molecular weight is 308 g/mol. The number of nitro groups is 1. The maximum Gasteiger partial charge on any atom is 0.328 e. The molecule has 1 unspecified atom stereocenters. The molecule has 1 aromatic rings. The molecular weight excluding hydrogens is 288 g/mol. The fraction of sp³-hybridized carbons (Fsp3) is 0.467. The van der Waals surface area contributed by atoms with Gasteiger partial charge in [-0.25, -0.2) is 4.79 Å². The van der Waals surface area contributed by atoms with Crippen LogP contribution in [0.5, 0.6) is 0 Å². The summed E-state index contributed by atoms with van der Waals surface area (Å²) < 4.78 is 4.70. The maximum absolute atomic E-state index is 12.0. The quantitative estimate of drug-likeness (QED) is 0.508. The van der Waals surface area contributed by atoms with Crippen molar-refractivity contribution in [1.82, 2.24) is 5.32 Å². The minimum atomic E-state index is -0.835. The van der Waals surface area contributed by atoms with Crippen LogP contribution in [-0.2, 0) is 20.7 Å². The highest BCUT2D eigenvalue weighted by Gasteiger charge is 2.28. The summed E-state index contributed by atoms with van der Waals surface area (Å²) >= 11 is 0. The molecule has 0 fully saturated rings. The first kappa shape index (κ1) is 17.6. The molecule has 1 atom stereocenters. The van der Waals surface area contributed by atoms with Crippen molar-refractivity contribution in [2.45, 2.75) is 33.2 Å². The molecule has 0 aliphatic heterocycles. The van der Waals surface area contributed by atoms with Crippen LogP contribution >= 0.6 is 0 Å². The first-order valence-electron chi connectivity index (χ1n) is 6.77. The molecule has 7 heteroatoms. The van der Waals surface area contributed by atoms with Gasteiger partial charge in [0.05, 0.1) is 12.0 Å². The van der Waals surface area contributed by atoms with E-state index >= 15 is 0 Å². The van der Waals surface area contributed by atoms with Crippen LogP contribution in [0.3, 0.4) is 0 Å². The second-order valence-electron chi connectivity index (χ2n) is 5.93.